The van der Waals surface area contributed by atoms with Crippen molar-refractivity contribution in [3.05, 3.63) is 41.4 Å². The number of aryl methyl sites for hydroxylation is 1. The maximum atomic E-state index is 12.0. The highest BCUT2D eigenvalue weighted by Crippen LogP contribution is 2.23. The monoisotopic (exact) mass is 400 g/mol. The molecule has 2 rings (SSSR count). The molecule has 0 unspecified atom stereocenters. The van der Waals surface area contributed by atoms with E-state index in [0.717, 1.165) is 29.2 Å². The highest BCUT2D eigenvalue weighted by atomic mass is 16.5. The van der Waals surface area contributed by atoms with Crippen LogP contribution in [0.1, 0.15) is 64.0 Å². The highest BCUT2D eigenvalue weighted by molar-refractivity contribution is 5.89. The molecule has 1 amide bonds. The summed E-state index contributed by atoms with van der Waals surface area (Å²) in [6.45, 7) is 13.7. The minimum atomic E-state index is -0.550. The Bertz CT molecular complexity index is 903. The lowest BCUT2D eigenvalue weighted by Crippen LogP contribution is -2.44. The Balaban J connectivity index is 2.07. The summed E-state index contributed by atoms with van der Waals surface area (Å²) in [5.41, 5.74) is 2.63. The van der Waals surface area contributed by atoms with Crippen LogP contribution in [-0.4, -0.2) is 38.4 Å². The molecule has 0 saturated heterocycles. The predicted octanol–water partition coefficient (Wildman–Crippen LogP) is 3.73. The molecule has 0 aliphatic heterocycles. The Morgan fingerprint density at radius 1 is 1.31 bits per heavy atom. The average Bonchev–Trinajstić information content (AvgIpc) is 3.22. The van der Waals surface area contributed by atoms with Crippen molar-refractivity contribution in [3.63, 3.8) is 0 Å². The second kappa shape index (κ2) is 9.11. The zero-order chi connectivity index (χ0) is 21.8. The van der Waals surface area contributed by atoms with Gasteiger partial charge in [0.1, 0.15) is 5.82 Å². The zero-order valence-corrected chi connectivity index (χ0v) is 18.4. The molecule has 0 fully saturated rings. The first-order valence-electron chi connectivity index (χ1n) is 9.94. The molecule has 7 heteroatoms. The fourth-order valence-electron chi connectivity index (χ4n) is 3.04. The third-order valence-corrected chi connectivity index (χ3v) is 4.94. The van der Waals surface area contributed by atoms with Crippen LogP contribution in [0.25, 0.3) is 11.9 Å². The summed E-state index contributed by atoms with van der Waals surface area (Å²) < 4.78 is 9.12. The fraction of sp³-hybridized carbons (Fsp3) is 0.500. The quantitative estimate of drug-likeness (QED) is 0.541. The van der Waals surface area contributed by atoms with E-state index >= 15 is 0 Å². The number of aromatic nitrogens is 3. The predicted molar refractivity (Wildman–Crippen MR) is 114 cm³/mol. The van der Waals surface area contributed by atoms with E-state index in [9.17, 15) is 9.59 Å². The van der Waals surface area contributed by atoms with Crippen LogP contribution in [0.4, 0.5) is 0 Å². The highest BCUT2D eigenvalue weighted by Gasteiger charge is 2.18. The number of nitrogens with zero attached hydrogens (tertiary/aromatic N) is 3. The van der Waals surface area contributed by atoms with Gasteiger partial charge in [-0.3, -0.25) is 4.79 Å². The molecule has 0 bridgehead atoms. The third kappa shape index (κ3) is 5.59. The van der Waals surface area contributed by atoms with E-state index < -0.39 is 5.97 Å². The first-order chi connectivity index (χ1) is 13.6. The van der Waals surface area contributed by atoms with E-state index in [4.69, 9.17) is 4.74 Å². The summed E-state index contributed by atoms with van der Waals surface area (Å²) >= 11 is 0. The van der Waals surface area contributed by atoms with Crippen LogP contribution in [0.15, 0.2) is 24.4 Å². The van der Waals surface area contributed by atoms with Crippen molar-refractivity contribution in [1.29, 1.82) is 0 Å². The average molecular weight is 401 g/mol. The molecule has 0 aliphatic carbocycles. The van der Waals surface area contributed by atoms with Crippen LogP contribution < -0.4 is 5.32 Å². The van der Waals surface area contributed by atoms with Crippen molar-refractivity contribution in [2.75, 3.05) is 6.61 Å². The molecule has 0 radical (unpaired) electrons. The molecule has 0 aromatic carbocycles. The Hall–Kier alpha value is -2.83. The number of carbonyl (C=O) groups is 2. The van der Waals surface area contributed by atoms with Crippen LogP contribution >= 0.6 is 0 Å². The number of esters is 1. The molecule has 0 spiro atoms. The third-order valence-electron chi connectivity index (χ3n) is 4.94. The Labute approximate surface area is 172 Å². The van der Waals surface area contributed by atoms with Crippen LogP contribution in [0.5, 0.6) is 0 Å². The molecule has 29 heavy (non-hydrogen) atoms. The summed E-state index contributed by atoms with van der Waals surface area (Å²) in [7, 11) is 0. The fourth-order valence-corrected chi connectivity index (χ4v) is 3.04. The smallest absolute Gasteiger partial charge is 0.331 e. The van der Waals surface area contributed by atoms with E-state index in [-0.39, 0.29) is 24.1 Å². The zero-order valence-electron chi connectivity index (χ0n) is 18.4. The number of hydrogen-bond acceptors (Lipinski definition) is 4. The van der Waals surface area contributed by atoms with Crippen LogP contribution in [0.2, 0.25) is 0 Å². The lowest BCUT2D eigenvalue weighted by Gasteiger charge is -2.24. The number of rotatable bonds is 8. The van der Waals surface area contributed by atoms with Crippen LogP contribution in [0, 0.1) is 13.8 Å². The van der Waals surface area contributed by atoms with Gasteiger partial charge >= 0.3 is 5.97 Å². The second-order valence-electron chi connectivity index (χ2n) is 8.12. The van der Waals surface area contributed by atoms with E-state index in [0.29, 0.717) is 0 Å². The topological polar surface area (TPSA) is 78.2 Å². The molecule has 7 nitrogen and oxygen atoms in total. The number of nitrogens with one attached hydrogen (secondary N) is 1. The van der Waals surface area contributed by atoms with Gasteiger partial charge in [-0.25, -0.2) is 9.48 Å². The summed E-state index contributed by atoms with van der Waals surface area (Å²) in [6.07, 6.45) is 5.64. The standard InChI is InChI=1S/C22H32N4O3/c1-8-22(6,7)24-19(27)14-29-21(28)10-9-18-13-16(4)25(17(18)5)20-11-12-23-26(20)15(2)3/h9-13,15H,8,14H2,1-7H3,(H,24,27)/b10-9+. The van der Waals surface area contributed by atoms with Crippen molar-refractivity contribution in [2.24, 2.45) is 0 Å². The molecule has 0 aliphatic rings. The molecule has 1 N–H and O–H groups in total. The van der Waals surface area contributed by atoms with Gasteiger partial charge in [-0.05, 0) is 65.7 Å². The minimum absolute atomic E-state index is 0.235. The van der Waals surface area contributed by atoms with Crippen LogP contribution in [0.3, 0.4) is 0 Å². The Morgan fingerprint density at radius 3 is 2.62 bits per heavy atom. The Morgan fingerprint density at radius 2 is 2.00 bits per heavy atom. The van der Waals surface area contributed by atoms with Crippen molar-refractivity contribution in [2.45, 2.75) is 66.5 Å². The van der Waals surface area contributed by atoms with Gasteiger partial charge in [-0.15, -0.1) is 0 Å². The summed E-state index contributed by atoms with van der Waals surface area (Å²) in [4.78, 5) is 23.9. The summed E-state index contributed by atoms with van der Waals surface area (Å²) in [5.74, 6) is 0.123. The maximum absolute atomic E-state index is 12.0. The van der Waals surface area contributed by atoms with E-state index in [1.807, 2.05) is 51.4 Å². The van der Waals surface area contributed by atoms with Gasteiger partial charge in [0.2, 0.25) is 0 Å². The van der Waals surface area contributed by atoms with E-state index in [1.54, 1.807) is 12.3 Å². The number of ether oxygens (including phenoxy) is 1. The van der Waals surface area contributed by atoms with Crippen molar-refractivity contribution in [3.8, 4) is 5.82 Å². The molecule has 158 valence electrons. The second-order valence-corrected chi connectivity index (χ2v) is 8.12. The van der Waals surface area contributed by atoms with Gasteiger partial charge in [-0.2, -0.15) is 5.10 Å². The van der Waals surface area contributed by atoms with E-state index in [2.05, 4.69) is 28.8 Å². The van der Waals surface area contributed by atoms with Crippen molar-refractivity contribution >= 4 is 18.0 Å². The van der Waals surface area contributed by atoms with Crippen LogP contribution in [-0.2, 0) is 14.3 Å². The molecular weight excluding hydrogens is 368 g/mol. The first-order valence-corrected chi connectivity index (χ1v) is 9.94. The number of carbonyl (C=O) groups excluding carboxylic acids is 2. The van der Waals surface area contributed by atoms with Gasteiger partial charge < -0.3 is 14.6 Å². The molecule has 2 aromatic heterocycles. The minimum Gasteiger partial charge on any atom is -0.452 e. The van der Waals surface area contributed by atoms with Crippen molar-refractivity contribution < 1.29 is 14.3 Å². The summed E-state index contributed by atoms with van der Waals surface area (Å²) in [6, 6.07) is 4.21. The number of hydrogen-bond donors (Lipinski definition) is 1. The number of amides is 1. The van der Waals surface area contributed by atoms with Gasteiger partial charge in [0, 0.05) is 35.1 Å². The molecule has 0 atom stereocenters. The lowest BCUT2D eigenvalue weighted by atomic mass is 10.0. The molecular formula is C22H32N4O3. The first kappa shape index (κ1) is 22.5. The largest absolute Gasteiger partial charge is 0.452 e. The van der Waals surface area contributed by atoms with E-state index in [1.165, 1.54) is 6.08 Å². The normalized spacial score (nSPS) is 12.0. The molecule has 2 aromatic rings. The van der Waals surface area contributed by atoms with Gasteiger partial charge in [0.25, 0.3) is 5.91 Å². The molecule has 0 saturated carbocycles. The lowest BCUT2D eigenvalue weighted by molar-refractivity contribution is -0.144. The Kier molecular flexibility index (Phi) is 7.06. The van der Waals surface area contributed by atoms with Gasteiger partial charge in [0.05, 0.1) is 6.20 Å². The SMILES string of the molecule is CCC(C)(C)NC(=O)COC(=O)/C=C/c1cc(C)n(-c2ccnn2C(C)C)c1C. The maximum Gasteiger partial charge on any atom is 0.331 e. The van der Waals surface area contributed by atoms with Gasteiger partial charge in [-0.1, -0.05) is 6.92 Å². The summed E-state index contributed by atoms with van der Waals surface area (Å²) in [5, 5.41) is 7.23. The molecule has 2 heterocycles. The van der Waals surface area contributed by atoms with Crippen molar-refractivity contribution in [1.82, 2.24) is 19.7 Å². The van der Waals surface area contributed by atoms with Gasteiger partial charge in [0.15, 0.2) is 6.61 Å².